The van der Waals surface area contributed by atoms with Gasteiger partial charge >= 0.3 is 0 Å². The number of hydrogen-bond donors (Lipinski definition) is 0. The Hall–Kier alpha value is -1.19. The van der Waals surface area contributed by atoms with Gasteiger partial charge in [-0.2, -0.15) is 0 Å². The normalized spacial score (nSPS) is 12.4. The Morgan fingerprint density at radius 2 is 2.00 bits per heavy atom. The second-order valence-electron chi connectivity index (χ2n) is 3.17. The largest absolute Gasteiger partial charge is 0.349 e. The van der Waals surface area contributed by atoms with Crippen LogP contribution >= 0.6 is 0 Å². The molecule has 1 rings (SSSR count). The maximum absolute atomic E-state index is 11.8. The van der Waals surface area contributed by atoms with E-state index in [0.717, 1.165) is 6.42 Å². The van der Waals surface area contributed by atoms with E-state index in [-0.39, 0.29) is 5.78 Å². The molecule has 0 radical (unpaired) electrons. The van der Waals surface area contributed by atoms with Crippen LogP contribution in [0.15, 0.2) is 30.3 Å². The van der Waals surface area contributed by atoms with Gasteiger partial charge in [-0.05, 0) is 6.42 Å². The van der Waals surface area contributed by atoms with Crippen LogP contribution < -0.4 is 0 Å². The van der Waals surface area contributed by atoms with Gasteiger partial charge in [0.05, 0.1) is 0 Å². The van der Waals surface area contributed by atoms with Gasteiger partial charge in [0.25, 0.3) is 0 Å². The molecule has 1 aromatic rings. The van der Waals surface area contributed by atoms with E-state index >= 15 is 0 Å². The van der Waals surface area contributed by atoms with Gasteiger partial charge in [-0.3, -0.25) is 4.79 Å². The molecule has 0 aliphatic heterocycles. The first kappa shape index (κ1) is 11.9. The molecule has 0 heterocycles. The van der Waals surface area contributed by atoms with Gasteiger partial charge in [0, 0.05) is 19.3 Å². The Labute approximate surface area is 90.0 Å². The molecular weight excluding hydrogens is 192 g/mol. The molecule has 82 valence electrons. The molecule has 0 bridgehead atoms. The van der Waals surface area contributed by atoms with Gasteiger partial charge in [-0.15, -0.1) is 0 Å². The van der Waals surface area contributed by atoms with Crippen LogP contribution in [0.4, 0.5) is 0 Å². The summed E-state index contributed by atoms with van der Waals surface area (Å²) in [5, 5.41) is 0. The molecule has 0 spiro atoms. The molecule has 0 aliphatic rings. The van der Waals surface area contributed by atoms with Gasteiger partial charge in [0.15, 0.2) is 0 Å². The van der Waals surface area contributed by atoms with Crippen molar-refractivity contribution in [2.24, 2.45) is 0 Å². The van der Waals surface area contributed by atoms with E-state index in [1.54, 1.807) is 12.1 Å². The minimum atomic E-state index is -0.785. The molecule has 3 nitrogen and oxygen atoms in total. The maximum atomic E-state index is 11.8. The Balaban J connectivity index is 2.65. The third kappa shape index (κ3) is 3.46. The summed E-state index contributed by atoms with van der Waals surface area (Å²) < 4.78 is 10.3. The molecule has 1 aromatic carbocycles. The summed E-state index contributed by atoms with van der Waals surface area (Å²) in [5.74, 6) is -0.133. The van der Waals surface area contributed by atoms with Crippen LogP contribution in [0, 0.1) is 0 Å². The summed E-state index contributed by atoms with van der Waals surface area (Å²) in [7, 11) is 1.47. The highest BCUT2D eigenvalue weighted by molar-refractivity contribution is 5.98. The summed E-state index contributed by atoms with van der Waals surface area (Å²) in [6.45, 7) is 2.51. The van der Waals surface area contributed by atoms with Crippen molar-refractivity contribution in [2.75, 3.05) is 13.7 Å². The van der Waals surface area contributed by atoms with E-state index < -0.39 is 6.29 Å². The molecular formula is C12H16O3. The zero-order valence-electron chi connectivity index (χ0n) is 9.10. The number of ketones is 1. The number of Topliss-reactive ketones (excluding diaryl/α,β-unsaturated/α-hetero) is 1. The van der Waals surface area contributed by atoms with Crippen molar-refractivity contribution < 1.29 is 14.3 Å². The number of methoxy groups -OCH3 is 1. The van der Waals surface area contributed by atoms with E-state index in [4.69, 9.17) is 9.47 Å². The summed E-state index contributed by atoms with van der Waals surface area (Å²) in [6.07, 6.45) is 0.0782. The van der Waals surface area contributed by atoms with E-state index in [1.165, 1.54) is 7.11 Å². The van der Waals surface area contributed by atoms with Gasteiger partial charge in [0.2, 0.25) is 12.1 Å². The fourth-order valence-corrected chi connectivity index (χ4v) is 1.21. The number of rotatable bonds is 6. The topological polar surface area (TPSA) is 35.5 Å². The van der Waals surface area contributed by atoms with Gasteiger partial charge in [0.1, 0.15) is 0 Å². The molecule has 0 saturated heterocycles. The van der Waals surface area contributed by atoms with Crippen molar-refractivity contribution in [3.63, 3.8) is 0 Å². The summed E-state index contributed by atoms with van der Waals surface area (Å²) in [6, 6.07) is 9.01. The Bertz CT molecular complexity index is 295. The first-order valence-corrected chi connectivity index (χ1v) is 5.03. The van der Waals surface area contributed by atoms with Crippen LogP contribution in [0.5, 0.6) is 0 Å². The van der Waals surface area contributed by atoms with Crippen molar-refractivity contribution in [2.45, 2.75) is 19.6 Å². The molecule has 15 heavy (non-hydrogen) atoms. The first-order valence-electron chi connectivity index (χ1n) is 5.03. The average molecular weight is 208 g/mol. The standard InChI is InChI=1S/C12H16O3/c1-3-9-15-12(14-2)11(13)10-7-5-4-6-8-10/h4-8,12H,3,9H2,1-2H3. The van der Waals surface area contributed by atoms with E-state index in [9.17, 15) is 4.79 Å². The molecule has 3 heteroatoms. The average Bonchev–Trinajstić information content (AvgIpc) is 2.31. The predicted octanol–water partition coefficient (Wildman–Crippen LogP) is 2.27. The zero-order chi connectivity index (χ0) is 11.1. The molecule has 0 aromatic heterocycles. The summed E-state index contributed by atoms with van der Waals surface area (Å²) in [5.41, 5.74) is 0.612. The Morgan fingerprint density at radius 1 is 1.33 bits per heavy atom. The maximum Gasteiger partial charge on any atom is 0.222 e. The van der Waals surface area contributed by atoms with E-state index in [2.05, 4.69) is 0 Å². The predicted molar refractivity (Wildman–Crippen MR) is 57.8 cm³/mol. The molecule has 0 fully saturated rings. The lowest BCUT2D eigenvalue weighted by Crippen LogP contribution is -2.26. The van der Waals surface area contributed by atoms with Crippen molar-refractivity contribution in [3.8, 4) is 0 Å². The lowest BCUT2D eigenvalue weighted by Gasteiger charge is -2.14. The minimum Gasteiger partial charge on any atom is -0.349 e. The van der Waals surface area contributed by atoms with Crippen LogP contribution in [0.2, 0.25) is 0 Å². The summed E-state index contributed by atoms with van der Waals surface area (Å²) >= 11 is 0. The SMILES string of the molecule is CCCOC(OC)C(=O)c1ccccc1. The first-order chi connectivity index (χ1) is 7.29. The van der Waals surface area contributed by atoms with E-state index in [0.29, 0.717) is 12.2 Å². The minimum absolute atomic E-state index is 0.133. The lowest BCUT2D eigenvalue weighted by atomic mass is 10.1. The third-order valence-electron chi connectivity index (χ3n) is 1.96. The van der Waals surface area contributed by atoms with Crippen LogP contribution in [0.3, 0.4) is 0 Å². The fraction of sp³-hybridized carbons (Fsp3) is 0.417. The Kier molecular flexibility index (Phi) is 5.01. The van der Waals surface area contributed by atoms with Crippen LogP contribution in [-0.4, -0.2) is 25.8 Å². The van der Waals surface area contributed by atoms with Crippen molar-refractivity contribution in [1.82, 2.24) is 0 Å². The molecule has 0 aliphatic carbocycles. The highest BCUT2D eigenvalue weighted by Crippen LogP contribution is 2.07. The number of hydrogen-bond acceptors (Lipinski definition) is 3. The quantitative estimate of drug-likeness (QED) is 0.531. The number of carbonyl (C=O) groups is 1. The zero-order valence-corrected chi connectivity index (χ0v) is 9.10. The van der Waals surface area contributed by atoms with E-state index in [1.807, 2.05) is 25.1 Å². The third-order valence-corrected chi connectivity index (χ3v) is 1.96. The lowest BCUT2D eigenvalue weighted by molar-refractivity contribution is -0.0949. The monoisotopic (exact) mass is 208 g/mol. The molecule has 1 atom stereocenters. The molecule has 0 saturated carbocycles. The van der Waals surface area contributed by atoms with Gasteiger partial charge in [-0.1, -0.05) is 37.3 Å². The Morgan fingerprint density at radius 3 is 2.53 bits per heavy atom. The number of ether oxygens (including phenoxy) is 2. The van der Waals surface area contributed by atoms with Crippen molar-refractivity contribution in [1.29, 1.82) is 0 Å². The number of benzene rings is 1. The van der Waals surface area contributed by atoms with Crippen molar-refractivity contribution >= 4 is 5.78 Å². The highest BCUT2D eigenvalue weighted by atomic mass is 16.7. The second-order valence-corrected chi connectivity index (χ2v) is 3.17. The van der Waals surface area contributed by atoms with Crippen molar-refractivity contribution in [3.05, 3.63) is 35.9 Å². The fourth-order valence-electron chi connectivity index (χ4n) is 1.21. The van der Waals surface area contributed by atoms with Crippen LogP contribution in [0.1, 0.15) is 23.7 Å². The van der Waals surface area contributed by atoms with Gasteiger partial charge in [-0.25, -0.2) is 0 Å². The molecule has 1 unspecified atom stereocenters. The summed E-state index contributed by atoms with van der Waals surface area (Å²) in [4.78, 5) is 11.8. The highest BCUT2D eigenvalue weighted by Gasteiger charge is 2.19. The second kappa shape index (κ2) is 6.32. The van der Waals surface area contributed by atoms with Crippen LogP contribution in [0.25, 0.3) is 0 Å². The molecule has 0 amide bonds. The van der Waals surface area contributed by atoms with Crippen LogP contribution in [-0.2, 0) is 9.47 Å². The smallest absolute Gasteiger partial charge is 0.222 e. The van der Waals surface area contributed by atoms with Gasteiger partial charge < -0.3 is 9.47 Å². The number of carbonyl (C=O) groups excluding carboxylic acids is 1. The molecule has 0 N–H and O–H groups in total.